The van der Waals surface area contributed by atoms with Crippen molar-refractivity contribution >= 4 is 11.9 Å². The highest BCUT2D eigenvalue weighted by Crippen LogP contribution is 2.11. The summed E-state index contributed by atoms with van der Waals surface area (Å²) in [5, 5.41) is 13.5. The van der Waals surface area contributed by atoms with E-state index in [1.54, 1.807) is 13.2 Å². The van der Waals surface area contributed by atoms with Gasteiger partial charge in [-0.15, -0.1) is 0 Å². The highest BCUT2D eigenvalue weighted by molar-refractivity contribution is 5.81. The van der Waals surface area contributed by atoms with Crippen LogP contribution in [0.3, 0.4) is 0 Å². The lowest BCUT2D eigenvalue weighted by Crippen LogP contribution is -2.43. The van der Waals surface area contributed by atoms with E-state index in [0.29, 0.717) is 13.1 Å². The van der Waals surface area contributed by atoms with Crippen LogP contribution in [0.15, 0.2) is 23.5 Å². The van der Waals surface area contributed by atoms with Crippen molar-refractivity contribution in [2.45, 2.75) is 33.7 Å². The second-order valence-electron chi connectivity index (χ2n) is 6.05. The van der Waals surface area contributed by atoms with Gasteiger partial charge in [-0.05, 0) is 12.5 Å². The Morgan fingerprint density at radius 1 is 1.18 bits per heavy atom. The van der Waals surface area contributed by atoms with Crippen LogP contribution in [-0.4, -0.2) is 48.3 Å². The molecule has 0 aliphatic carbocycles. The van der Waals surface area contributed by atoms with Gasteiger partial charge in [-0.3, -0.25) is 14.5 Å². The summed E-state index contributed by atoms with van der Waals surface area (Å²) in [6, 6.07) is 1.92. The molecule has 1 rings (SSSR count). The van der Waals surface area contributed by atoms with Gasteiger partial charge >= 0.3 is 0 Å². The maximum atomic E-state index is 11.7. The first-order chi connectivity index (χ1) is 10.4. The average Bonchev–Trinajstić information content (AvgIpc) is 2.97. The van der Waals surface area contributed by atoms with E-state index in [1.165, 1.54) is 0 Å². The van der Waals surface area contributed by atoms with E-state index in [4.69, 9.17) is 0 Å². The van der Waals surface area contributed by atoms with Gasteiger partial charge < -0.3 is 16.0 Å². The predicted octanol–water partition coefficient (Wildman–Crippen LogP) is 0.600. The number of carbonyl (C=O) groups is 1. The van der Waals surface area contributed by atoms with Crippen LogP contribution in [0.1, 0.15) is 27.2 Å². The Hall–Kier alpha value is -2.05. The molecule has 124 valence electrons. The Bertz CT molecular complexity index is 461. The van der Waals surface area contributed by atoms with Crippen molar-refractivity contribution in [1.29, 1.82) is 0 Å². The standard InChI is InChI=1S/C15H28N6O/c1-15(2,3)13(22)17-9-10-19-14(16-4)18-7-5-11-21-12-6-8-20-21/h6,8,12H,5,7,9-11H2,1-4H3,(H,17,22)(H2,16,18,19). The second-order valence-corrected chi connectivity index (χ2v) is 6.05. The Labute approximate surface area is 132 Å². The second kappa shape index (κ2) is 9.07. The number of aryl methyl sites for hydroxylation is 1. The lowest BCUT2D eigenvalue weighted by atomic mass is 9.96. The fourth-order valence-corrected chi connectivity index (χ4v) is 1.72. The molecular weight excluding hydrogens is 280 g/mol. The normalized spacial score (nSPS) is 12.1. The van der Waals surface area contributed by atoms with E-state index < -0.39 is 0 Å². The molecule has 3 N–H and O–H groups in total. The lowest BCUT2D eigenvalue weighted by molar-refractivity contribution is -0.128. The summed E-state index contributed by atoms with van der Waals surface area (Å²) in [4.78, 5) is 15.9. The molecule has 1 amide bonds. The van der Waals surface area contributed by atoms with E-state index in [2.05, 4.69) is 26.0 Å². The first-order valence-electron chi connectivity index (χ1n) is 7.63. The molecule has 0 bridgehead atoms. The molecule has 1 aromatic rings. The topological polar surface area (TPSA) is 83.3 Å². The molecule has 0 saturated carbocycles. The molecule has 0 saturated heterocycles. The summed E-state index contributed by atoms with van der Waals surface area (Å²) >= 11 is 0. The quantitative estimate of drug-likeness (QED) is 0.391. The number of aromatic nitrogens is 2. The highest BCUT2D eigenvalue weighted by atomic mass is 16.2. The van der Waals surface area contributed by atoms with Crippen LogP contribution in [0.25, 0.3) is 0 Å². The van der Waals surface area contributed by atoms with Crippen molar-refractivity contribution in [2.24, 2.45) is 10.4 Å². The summed E-state index contributed by atoms with van der Waals surface area (Å²) in [6.07, 6.45) is 4.69. The number of nitrogens with one attached hydrogen (secondary N) is 3. The van der Waals surface area contributed by atoms with Gasteiger partial charge in [-0.1, -0.05) is 20.8 Å². The van der Waals surface area contributed by atoms with Crippen LogP contribution in [0.4, 0.5) is 0 Å². The van der Waals surface area contributed by atoms with Gasteiger partial charge in [-0.2, -0.15) is 5.10 Å². The maximum absolute atomic E-state index is 11.7. The Kier molecular flexibility index (Phi) is 7.42. The summed E-state index contributed by atoms with van der Waals surface area (Å²) in [6.45, 7) is 8.60. The zero-order valence-electron chi connectivity index (χ0n) is 14.0. The number of hydrogen-bond acceptors (Lipinski definition) is 3. The summed E-state index contributed by atoms with van der Waals surface area (Å²) in [5.41, 5.74) is -0.355. The zero-order valence-corrected chi connectivity index (χ0v) is 14.0. The smallest absolute Gasteiger partial charge is 0.225 e. The summed E-state index contributed by atoms with van der Waals surface area (Å²) < 4.78 is 1.90. The zero-order chi connectivity index (χ0) is 16.4. The van der Waals surface area contributed by atoms with Crippen LogP contribution in [-0.2, 0) is 11.3 Å². The van der Waals surface area contributed by atoms with Crippen molar-refractivity contribution in [3.05, 3.63) is 18.5 Å². The minimum atomic E-state index is -0.355. The largest absolute Gasteiger partial charge is 0.356 e. The molecule has 0 aromatic carbocycles. The van der Waals surface area contributed by atoms with E-state index in [0.717, 1.165) is 25.5 Å². The van der Waals surface area contributed by atoms with E-state index in [9.17, 15) is 4.79 Å². The van der Waals surface area contributed by atoms with E-state index >= 15 is 0 Å². The number of guanidine groups is 1. The van der Waals surface area contributed by atoms with Gasteiger partial charge in [0.05, 0.1) is 0 Å². The number of amides is 1. The summed E-state index contributed by atoms with van der Waals surface area (Å²) in [5.74, 6) is 0.793. The van der Waals surface area contributed by atoms with E-state index in [-0.39, 0.29) is 11.3 Å². The molecule has 0 radical (unpaired) electrons. The van der Waals surface area contributed by atoms with Crippen molar-refractivity contribution in [1.82, 2.24) is 25.7 Å². The Morgan fingerprint density at radius 3 is 2.45 bits per heavy atom. The molecule has 7 heteroatoms. The van der Waals surface area contributed by atoms with Gasteiger partial charge in [0.1, 0.15) is 0 Å². The molecular formula is C15H28N6O. The van der Waals surface area contributed by atoms with Crippen LogP contribution < -0.4 is 16.0 Å². The molecule has 1 aromatic heterocycles. The first-order valence-corrected chi connectivity index (χ1v) is 7.63. The third kappa shape index (κ3) is 7.10. The maximum Gasteiger partial charge on any atom is 0.225 e. The molecule has 1 heterocycles. The monoisotopic (exact) mass is 308 g/mol. The Balaban J connectivity index is 2.11. The third-order valence-electron chi connectivity index (χ3n) is 3.02. The van der Waals surface area contributed by atoms with Crippen LogP contribution >= 0.6 is 0 Å². The van der Waals surface area contributed by atoms with Gasteiger partial charge in [0, 0.05) is 51.0 Å². The molecule has 0 unspecified atom stereocenters. The molecule has 22 heavy (non-hydrogen) atoms. The van der Waals surface area contributed by atoms with Crippen LogP contribution in [0.5, 0.6) is 0 Å². The molecule has 0 aliphatic rings. The van der Waals surface area contributed by atoms with Gasteiger partial charge in [0.15, 0.2) is 5.96 Å². The van der Waals surface area contributed by atoms with Gasteiger partial charge in [0.25, 0.3) is 0 Å². The number of hydrogen-bond donors (Lipinski definition) is 3. The van der Waals surface area contributed by atoms with E-state index in [1.807, 2.05) is 37.7 Å². The highest BCUT2D eigenvalue weighted by Gasteiger charge is 2.20. The molecule has 0 fully saturated rings. The number of aliphatic imine (C=N–C) groups is 1. The van der Waals surface area contributed by atoms with Crippen molar-refractivity contribution in [3.63, 3.8) is 0 Å². The Morgan fingerprint density at radius 2 is 1.86 bits per heavy atom. The number of rotatable bonds is 7. The van der Waals surface area contributed by atoms with Crippen molar-refractivity contribution < 1.29 is 4.79 Å². The van der Waals surface area contributed by atoms with Gasteiger partial charge in [-0.25, -0.2) is 0 Å². The number of nitrogens with zero attached hydrogens (tertiary/aromatic N) is 3. The van der Waals surface area contributed by atoms with Crippen LogP contribution in [0.2, 0.25) is 0 Å². The first kappa shape index (κ1) is 18.0. The van der Waals surface area contributed by atoms with Crippen molar-refractivity contribution in [3.8, 4) is 0 Å². The number of carbonyl (C=O) groups excluding carboxylic acids is 1. The summed E-state index contributed by atoms with van der Waals surface area (Å²) in [7, 11) is 1.73. The molecule has 0 aliphatic heterocycles. The molecule has 7 nitrogen and oxygen atoms in total. The lowest BCUT2D eigenvalue weighted by Gasteiger charge is -2.18. The van der Waals surface area contributed by atoms with Gasteiger partial charge in [0.2, 0.25) is 5.91 Å². The fourth-order valence-electron chi connectivity index (χ4n) is 1.72. The fraction of sp³-hybridized carbons (Fsp3) is 0.667. The predicted molar refractivity (Wildman–Crippen MR) is 88.7 cm³/mol. The third-order valence-corrected chi connectivity index (χ3v) is 3.02. The van der Waals surface area contributed by atoms with Crippen LogP contribution in [0, 0.1) is 5.41 Å². The van der Waals surface area contributed by atoms with Crippen molar-refractivity contribution in [2.75, 3.05) is 26.7 Å². The minimum Gasteiger partial charge on any atom is -0.356 e. The average molecular weight is 308 g/mol. The molecule has 0 spiro atoms. The minimum absolute atomic E-state index is 0.0523. The SMILES string of the molecule is CN=C(NCCCn1cccn1)NCCNC(=O)C(C)(C)C. The molecule has 0 atom stereocenters.